The van der Waals surface area contributed by atoms with Crippen molar-refractivity contribution in [2.75, 3.05) is 44.7 Å². The number of benzene rings is 2. The molecule has 186 valence electrons. The lowest BCUT2D eigenvalue weighted by molar-refractivity contribution is -0.134. The highest BCUT2D eigenvalue weighted by atomic mass is 35.5. The molecule has 0 saturated carbocycles. The van der Waals surface area contributed by atoms with E-state index in [9.17, 15) is 13.2 Å². The molecule has 5 rings (SSSR count). The first kappa shape index (κ1) is 24.3. The maximum atomic E-state index is 13.4. The molecule has 2 saturated heterocycles. The first-order chi connectivity index (χ1) is 16.8. The first-order valence-corrected chi connectivity index (χ1v) is 14.2. The molecule has 1 aromatic heterocycles. The Balaban J connectivity index is 1.29. The number of halogens is 1. The van der Waals surface area contributed by atoms with Gasteiger partial charge in [-0.2, -0.15) is 4.31 Å². The highest BCUT2D eigenvalue weighted by Crippen LogP contribution is 2.39. The Labute approximate surface area is 214 Å². The molecule has 1 unspecified atom stereocenters. The molecule has 0 bridgehead atoms. The second-order valence-corrected chi connectivity index (χ2v) is 12.1. The van der Waals surface area contributed by atoms with Crippen molar-refractivity contribution < 1.29 is 17.9 Å². The molecule has 8 nitrogen and oxygen atoms in total. The SMILES string of the molecule is COc1ccc(Cl)c2sc(N3CCN(C(=O)C4CCCN4S(=O)(=O)c4ccc(C)cc4)CC3)nc12. The summed E-state index contributed by atoms with van der Waals surface area (Å²) in [5, 5.41) is 1.47. The van der Waals surface area contributed by atoms with Gasteiger partial charge in [0, 0.05) is 32.7 Å². The van der Waals surface area contributed by atoms with Gasteiger partial charge in [0.1, 0.15) is 17.3 Å². The van der Waals surface area contributed by atoms with Crippen molar-refractivity contribution in [1.29, 1.82) is 0 Å². The minimum atomic E-state index is -3.72. The fourth-order valence-corrected chi connectivity index (χ4v) is 7.65. The van der Waals surface area contributed by atoms with Crippen LogP contribution in [-0.2, 0) is 14.8 Å². The first-order valence-electron chi connectivity index (χ1n) is 11.5. The van der Waals surface area contributed by atoms with Crippen molar-refractivity contribution in [3.8, 4) is 5.75 Å². The predicted octanol–water partition coefficient (Wildman–Crippen LogP) is 3.77. The standard InChI is InChI=1S/C24H27ClN4O4S2/c1-16-5-7-17(8-6-16)35(31,32)29-11-3-4-19(29)23(30)27-12-14-28(15-13-27)24-26-21-20(33-2)10-9-18(25)22(21)34-24/h5-10,19H,3-4,11-15H2,1-2H3. The van der Waals surface area contributed by atoms with Crippen LogP contribution in [0.5, 0.6) is 5.75 Å². The molecule has 0 radical (unpaired) electrons. The molecule has 2 aliphatic rings. The Morgan fingerprint density at radius 1 is 1.09 bits per heavy atom. The summed E-state index contributed by atoms with van der Waals surface area (Å²) in [7, 11) is -2.12. The zero-order valence-corrected chi connectivity index (χ0v) is 22.0. The van der Waals surface area contributed by atoms with E-state index in [2.05, 4.69) is 4.90 Å². The highest BCUT2D eigenvalue weighted by Gasteiger charge is 2.41. The monoisotopic (exact) mass is 534 g/mol. The van der Waals surface area contributed by atoms with Crippen LogP contribution >= 0.6 is 22.9 Å². The Morgan fingerprint density at radius 2 is 1.80 bits per heavy atom. The van der Waals surface area contributed by atoms with Crippen molar-refractivity contribution >= 4 is 54.2 Å². The third-order valence-corrected chi connectivity index (χ3v) is 10.1. The van der Waals surface area contributed by atoms with Crippen LogP contribution in [0, 0.1) is 6.92 Å². The average molecular weight is 535 g/mol. The van der Waals surface area contributed by atoms with E-state index in [1.54, 1.807) is 42.3 Å². The summed E-state index contributed by atoms with van der Waals surface area (Å²) in [6.45, 7) is 4.52. The van der Waals surface area contributed by atoms with Crippen LogP contribution in [0.3, 0.4) is 0 Å². The number of thiazole rings is 1. The number of hydrogen-bond donors (Lipinski definition) is 0. The van der Waals surface area contributed by atoms with E-state index in [0.29, 0.717) is 56.3 Å². The Morgan fingerprint density at radius 3 is 2.49 bits per heavy atom. The number of anilines is 1. The molecule has 2 aromatic carbocycles. The molecule has 3 heterocycles. The van der Waals surface area contributed by atoms with Crippen molar-refractivity contribution in [3.63, 3.8) is 0 Å². The normalized spacial score (nSPS) is 19.5. The molecular formula is C24H27ClN4O4S2. The van der Waals surface area contributed by atoms with Crippen molar-refractivity contribution in [1.82, 2.24) is 14.2 Å². The number of carbonyl (C=O) groups is 1. The summed E-state index contributed by atoms with van der Waals surface area (Å²) in [6.07, 6.45) is 1.22. The van der Waals surface area contributed by atoms with Crippen LogP contribution in [0.4, 0.5) is 5.13 Å². The van der Waals surface area contributed by atoms with Gasteiger partial charge in [0.25, 0.3) is 0 Å². The van der Waals surface area contributed by atoms with E-state index in [1.165, 1.54) is 15.6 Å². The second kappa shape index (κ2) is 9.57. The van der Waals surface area contributed by atoms with E-state index in [-0.39, 0.29) is 10.8 Å². The Hall–Kier alpha value is -2.40. The zero-order valence-electron chi connectivity index (χ0n) is 19.6. The third-order valence-electron chi connectivity index (χ3n) is 6.65. The van der Waals surface area contributed by atoms with Crippen LogP contribution in [0.15, 0.2) is 41.3 Å². The molecule has 1 atom stereocenters. The summed E-state index contributed by atoms with van der Waals surface area (Å²) in [5.74, 6) is 0.559. The number of hydrogen-bond acceptors (Lipinski definition) is 7. The zero-order chi connectivity index (χ0) is 24.7. The highest BCUT2D eigenvalue weighted by molar-refractivity contribution is 7.89. The van der Waals surface area contributed by atoms with Gasteiger partial charge < -0.3 is 14.5 Å². The molecule has 2 aliphatic heterocycles. The summed E-state index contributed by atoms with van der Waals surface area (Å²) < 4.78 is 34.2. The summed E-state index contributed by atoms with van der Waals surface area (Å²) in [5.41, 5.74) is 1.73. The molecule has 2 fully saturated rings. The molecule has 3 aromatic rings. The minimum Gasteiger partial charge on any atom is -0.494 e. The van der Waals surface area contributed by atoms with Gasteiger partial charge in [0.05, 0.1) is 21.7 Å². The van der Waals surface area contributed by atoms with Gasteiger partial charge in [-0.15, -0.1) is 0 Å². The largest absolute Gasteiger partial charge is 0.494 e. The van der Waals surface area contributed by atoms with Gasteiger partial charge in [-0.3, -0.25) is 4.79 Å². The fourth-order valence-electron chi connectivity index (χ4n) is 4.69. The molecule has 11 heteroatoms. The lowest BCUT2D eigenvalue weighted by Crippen LogP contribution is -2.54. The number of aromatic nitrogens is 1. The molecule has 0 aliphatic carbocycles. The second-order valence-electron chi connectivity index (χ2n) is 8.82. The summed E-state index contributed by atoms with van der Waals surface area (Å²) >= 11 is 7.88. The number of methoxy groups -OCH3 is 1. The maximum absolute atomic E-state index is 13.4. The molecule has 1 amide bonds. The Kier molecular flexibility index (Phi) is 6.65. The number of carbonyl (C=O) groups excluding carboxylic acids is 1. The Bertz CT molecular complexity index is 1350. The number of piperazine rings is 1. The van der Waals surface area contributed by atoms with E-state index in [1.807, 2.05) is 13.0 Å². The van der Waals surface area contributed by atoms with Crippen LogP contribution in [0.25, 0.3) is 10.2 Å². The van der Waals surface area contributed by atoms with Gasteiger partial charge in [0.2, 0.25) is 15.9 Å². The lowest BCUT2D eigenvalue weighted by atomic mass is 10.2. The van der Waals surface area contributed by atoms with Crippen molar-refractivity contribution in [2.45, 2.75) is 30.7 Å². The number of aryl methyl sites for hydroxylation is 1. The van der Waals surface area contributed by atoms with Gasteiger partial charge in [0.15, 0.2) is 5.13 Å². The van der Waals surface area contributed by atoms with Crippen molar-refractivity contribution in [2.24, 2.45) is 0 Å². The smallest absolute Gasteiger partial charge is 0.243 e. The number of amides is 1. The van der Waals surface area contributed by atoms with Crippen LogP contribution in [0.2, 0.25) is 5.02 Å². The maximum Gasteiger partial charge on any atom is 0.243 e. The molecule has 35 heavy (non-hydrogen) atoms. The number of nitrogens with zero attached hydrogens (tertiary/aromatic N) is 4. The van der Waals surface area contributed by atoms with E-state index in [0.717, 1.165) is 20.9 Å². The third kappa shape index (κ3) is 4.48. The van der Waals surface area contributed by atoms with Crippen LogP contribution < -0.4 is 9.64 Å². The fraction of sp³-hybridized carbons (Fsp3) is 0.417. The van der Waals surface area contributed by atoms with Gasteiger partial charge in [-0.05, 0) is 44.0 Å². The van der Waals surface area contributed by atoms with Crippen LogP contribution in [-0.4, -0.2) is 74.4 Å². The van der Waals surface area contributed by atoms with Gasteiger partial charge in [-0.1, -0.05) is 40.6 Å². The minimum absolute atomic E-state index is 0.119. The van der Waals surface area contributed by atoms with Gasteiger partial charge in [-0.25, -0.2) is 13.4 Å². The van der Waals surface area contributed by atoms with E-state index < -0.39 is 16.1 Å². The predicted molar refractivity (Wildman–Crippen MR) is 138 cm³/mol. The summed E-state index contributed by atoms with van der Waals surface area (Å²) in [6, 6.07) is 9.75. The molecular weight excluding hydrogens is 508 g/mol. The van der Waals surface area contributed by atoms with Gasteiger partial charge >= 0.3 is 0 Å². The molecule has 0 spiro atoms. The number of fused-ring (bicyclic) bond motifs is 1. The number of ether oxygens (including phenoxy) is 1. The number of sulfonamides is 1. The quantitative estimate of drug-likeness (QED) is 0.495. The number of rotatable bonds is 5. The van der Waals surface area contributed by atoms with Crippen molar-refractivity contribution in [3.05, 3.63) is 47.0 Å². The summed E-state index contributed by atoms with van der Waals surface area (Å²) in [4.78, 5) is 22.3. The van der Waals surface area contributed by atoms with Crippen LogP contribution in [0.1, 0.15) is 18.4 Å². The van der Waals surface area contributed by atoms with E-state index in [4.69, 9.17) is 21.3 Å². The average Bonchev–Trinajstić information content (AvgIpc) is 3.53. The topological polar surface area (TPSA) is 83.0 Å². The van der Waals surface area contributed by atoms with E-state index >= 15 is 0 Å². The lowest BCUT2D eigenvalue weighted by Gasteiger charge is -2.37. The molecule has 0 N–H and O–H groups in total.